The van der Waals surface area contributed by atoms with Crippen LogP contribution in [0.4, 0.5) is 0 Å². The van der Waals surface area contributed by atoms with Crippen molar-refractivity contribution < 1.29 is 24.2 Å². The van der Waals surface area contributed by atoms with Crippen molar-refractivity contribution in [3.63, 3.8) is 0 Å². The molecule has 1 fully saturated rings. The monoisotopic (exact) mass is 678 g/mol. The Morgan fingerprint density at radius 3 is 2.38 bits per heavy atom. The van der Waals surface area contributed by atoms with Crippen LogP contribution in [0.25, 0.3) is 35.6 Å². The predicted molar refractivity (Wildman–Crippen MR) is 198 cm³/mol. The molecule has 1 saturated heterocycles. The van der Waals surface area contributed by atoms with Crippen LogP contribution in [0.15, 0.2) is 23.9 Å². The first-order valence-corrected chi connectivity index (χ1v) is 17.7. The molecule has 4 atom stereocenters. The van der Waals surface area contributed by atoms with Gasteiger partial charge >= 0.3 is 11.9 Å². The second kappa shape index (κ2) is 13.8. The quantitative estimate of drug-likeness (QED) is 0.169. The second-order valence-corrected chi connectivity index (χ2v) is 13.9. The van der Waals surface area contributed by atoms with Gasteiger partial charge in [0.05, 0.1) is 18.5 Å². The number of fused-ring (bicyclic) bond motifs is 8. The fourth-order valence-corrected chi connectivity index (χ4v) is 8.06. The van der Waals surface area contributed by atoms with Crippen molar-refractivity contribution in [2.24, 2.45) is 17.8 Å². The standard InChI is InChI=1S/C41H50N4O5/c1-10-20(4)15-16-50-34(46)14-13-27-23(7)30-17-28-21(5)25(11-2)32(42-28)18-29-22(6)26(12-3)33(43-29)19-31-24(8)35-39(45-31)36(38(27)44-30)37(40(35)47)41(48)49-9/h11,15,17-19,23,27,37-38,42-45,47H,2,10,12-14,16H2,1,3-9H3/b20-15+,29-18-,30-17+,33-19+/t23-,27-,37+,38?/m0/s1. The number of aromatic nitrogens is 3. The van der Waals surface area contributed by atoms with Gasteiger partial charge in [-0.05, 0) is 105 Å². The lowest BCUT2D eigenvalue weighted by Crippen LogP contribution is -2.38. The number of hydrogen-bond acceptors (Lipinski definition) is 6. The number of aromatic amines is 3. The minimum absolute atomic E-state index is 0.0210. The normalized spacial score (nSPS) is 23.4. The smallest absolute Gasteiger partial charge is 0.320 e. The fourth-order valence-electron chi connectivity index (χ4n) is 8.06. The molecule has 9 nitrogen and oxygen atoms in total. The SMILES string of the molecule is C=Cc1c2[nH]c(c1C)/C=C1/NC(C3=c4[nH]c(c(C)c4=C(O)[C@@H]3C(=O)OC)/C=c3/[nH]/c(c(C)c3CC)=C\2)[C@@H](CCC(=O)OC/C=C(\C)CC)[C@@H]1C. The van der Waals surface area contributed by atoms with Crippen molar-refractivity contribution in [2.75, 3.05) is 13.7 Å². The number of allylic oxidation sites excluding steroid dienone is 2. The van der Waals surface area contributed by atoms with Gasteiger partial charge in [-0.25, -0.2) is 0 Å². The largest absolute Gasteiger partial charge is 0.510 e. The molecule has 1 aliphatic carbocycles. The highest BCUT2D eigenvalue weighted by Gasteiger charge is 2.47. The van der Waals surface area contributed by atoms with E-state index in [-0.39, 0.29) is 42.6 Å². The third-order valence-corrected chi connectivity index (χ3v) is 11.2. The first-order chi connectivity index (χ1) is 23.9. The molecule has 3 aromatic heterocycles. The first-order valence-electron chi connectivity index (χ1n) is 17.7. The molecule has 50 heavy (non-hydrogen) atoms. The number of ether oxygens (including phenoxy) is 2. The highest BCUT2D eigenvalue weighted by Crippen LogP contribution is 2.42. The van der Waals surface area contributed by atoms with Crippen LogP contribution in [0.3, 0.4) is 0 Å². The maximum atomic E-state index is 13.5. The van der Waals surface area contributed by atoms with E-state index in [0.717, 1.165) is 68.6 Å². The number of nitrogens with one attached hydrogen (secondary N) is 4. The third-order valence-electron chi connectivity index (χ3n) is 11.2. The van der Waals surface area contributed by atoms with Crippen LogP contribution in [0, 0.1) is 38.5 Å². The van der Waals surface area contributed by atoms with Gasteiger partial charge in [-0.3, -0.25) is 9.59 Å². The number of esters is 2. The summed E-state index contributed by atoms with van der Waals surface area (Å²) < 4.78 is 10.9. The zero-order valence-electron chi connectivity index (χ0n) is 30.5. The Hall–Kier alpha value is -4.92. The summed E-state index contributed by atoms with van der Waals surface area (Å²) in [7, 11) is 1.35. The summed E-state index contributed by atoms with van der Waals surface area (Å²) in [5.41, 5.74) is 10.9. The van der Waals surface area contributed by atoms with E-state index in [1.54, 1.807) is 0 Å². The topological polar surface area (TPSA) is 132 Å². The van der Waals surface area contributed by atoms with Gasteiger partial charge < -0.3 is 34.8 Å². The van der Waals surface area contributed by atoms with E-state index in [4.69, 9.17) is 9.47 Å². The number of hydrogen-bond donors (Lipinski definition) is 5. The van der Waals surface area contributed by atoms with Crippen molar-refractivity contribution in [3.8, 4) is 0 Å². The average Bonchev–Trinajstić information content (AvgIpc) is 3.84. The van der Waals surface area contributed by atoms with E-state index in [2.05, 4.69) is 79.7 Å². The van der Waals surface area contributed by atoms with Crippen LogP contribution >= 0.6 is 0 Å². The van der Waals surface area contributed by atoms with Crippen LogP contribution in [0.1, 0.15) is 91.9 Å². The Balaban J connectivity index is 1.59. The predicted octanol–water partition coefficient (Wildman–Crippen LogP) is 4.34. The van der Waals surface area contributed by atoms with Crippen molar-refractivity contribution in [3.05, 3.63) is 90.1 Å². The lowest BCUT2D eigenvalue weighted by Gasteiger charge is -2.26. The lowest BCUT2D eigenvalue weighted by molar-refractivity contribution is -0.143. The summed E-state index contributed by atoms with van der Waals surface area (Å²) in [6.07, 6.45) is 12.7. The first kappa shape index (κ1) is 34.9. The van der Waals surface area contributed by atoms with Crippen LogP contribution < -0.4 is 26.6 Å². The molecule has 9 heteroatoms. The molecular formula is C41H50N4O5. The zero-order valence-corrected chi connectivity index (χ0v) is 30.5. The molecule has 2 aliphatic heterocycles. The van der Waals surface area contributed by atoms with Crippen molar-refractivity contribution >= 4 is 47.6 Å². The van der Waals surface area contributed by atoms with Crippen LogP contribution in [-0.2, 0) is 25.5 Å². The van der Waals surface area contributed by atoms with Crippen LogP contribution in [0.5, 0.6) is 0 Å². The third kappa shape index (κ3) is 5.86. The molecule has 5 N–H and O–H groups in total. The Bertz CT molecular complexity index is 2200. The molecule has 264 valence electrons. The lowest BCUT2D eigenvalue weighted by atomic mass is 9.80. The molecule has 0 saturated carbocycles. The van der Waals surface area contributed by atoms with Crippen molar-refractivity contribution in [1.29, 1.82) is 0 Å². The van der Waals surface area contributed by atoms with Crippen LogP contribution in [0.2, 0.25) is 0 Å². The molecule has 5 heterocycles. The summed E-state index contributed by atoms with van der Waals surface area (Å²) >= 11 is 0. The maximum absolute atomic E-state index is 13.5. The van der Waals surface area contributed by atoms with Gasteiger partial charge in [0, 0.05) is 56.6 Å². The van der Waals surface area contributed by atoms with Crippen molar-refractivity contribution in [1.82, 2.24) is 20.3 Å². The number of rotatable bonds is 9. The Labute approximate surface area is 293 Å². The fraction of sp³-hybridized carbons (Fsp3) is 0.415. The van der Waals surface area contributed by atoms with Gasteiger partial charge in [0.25, 0.3) is 0 Å². The number of carbonyl (C=O) groups excluding carboxylic acids is 2. The van der Waals surface area contributed by atoms with Crippen molar-refractivity contribution in [2.45, 2.75) is 80.2 Å². The van der Waals surface area contributed by atoms with Gasteiger partial charge in [-0.15, -0.1) is 0 Å². The molecule has 0 spiro atoms. The molecule has 0 aromatic carbocycles. The van der Waals surface area contributed by atoms with Crippen LogP contribution in [-0.4, -0.2) is 51.8 Å². The van der Waals surface area contributed by atoms with E-state index < -0.39 is 11.9 Å². The summed E-state index contributed by atoms with van der Waals surface area (Å²) in [5, 5.41) is 18.9. The number of aliphatic hydroxyl groups is 1. The molecule has 3 aliphatic rings. The van der Waals surface area contributed by atoms with Gasteiger partial charge in [-0.1, -0.05) is 39.0 Å². The Kier molecular flexibility index (Phi) is 9.62. The number of methoxy groups -OCH3 is 1. The molecule has 3 aromatic rings. The Morgan fingerprint density at radius 2 is 1.70 bits per heavy atom. The molecule has 0 amide bonds. The minimum Gasteiger partial charge on any atom is -0.510 e. The number of carbonyl (C=O) groups is 2. The Morgan fingerprint density at radius 1 is 0.980 bits per heavy atom. The van der Waals surface area contributed by atoms with E-state index in [9.17, 15) is 14.7 Å². The average molecular weight is 679 g/mol. The second-order valence-electron chi connectivity index (χ2n) is 13.9. The molecular weight excluding hydrogens is 628 g/mol. The number of H-pyrrole nitrogens is 3. The van der Waals surface area contributed by atoms with Gasteiger partial charge in [0.15, 0.2) is 0 Å². The number of aliphatic hydroxyl groups excluding tert-OH is 1. The zero-order chi connectivity index (χ0) is 36.0. The summed E-state index contributed by atoms with van der Waals surface area (Å²) in [5.74, 6) is -1.93. The molecule has 0 radical (unpaired) electrons. The van der Waals surface area contributed by atoms with E-state index >= 15 is 0 Å². The van der Waals surface area contributed by atoms with E-state index in [0.29, 0.717) is 17.0 Å². The molecule has 8 bridgehead atoms. The highest BCUT2D eigenvalue weighted by molar-refractivity contribution is 5.95. The van der Waals surface area contributed by atoms with E-state index in [1.807, 2.05) is 26.0 Å². The highest BCUT2D eigenvalue weighted by atomic mass is 16.5. The van der Waals surface area contributed by atoms with Gasteiger partial charge in [0.2, 0.25) is 0 Å². The maximum Gasteiger partial charge on any atom is 0.320 e. The summed E-state index contributed by atoms with van der Waals surface area (Å²) in [4.78, 5) is 37.4. The van der Waals surface area contributed by atoms with E-state index in [1.165, 1.54) is 23.8 Å². The molecule has 6 rings (SSSR count). The summed E-state index contributed by atoms with van der Waals surface area (Å²) in [6, 6.07) is -0.386. The van der Waals surface area contributed by atoms with Gasteiger partial charge in [-0.2, -0.15) is 0 Å². The minimum atomic E-state index is -0.986. The summed E-state index contributed by atoms with van der Waals surface area (Å²) in [6.45, 7) is 19.0. The van der Waals surface area contributed by atoms with Gasteiger partial charge in [0.1, 0.15) is 18.3 Å². The molecule has 1 unspecified atom stereocenters.